The van der Waals surface area contributed by atoms with Gasteiger partial charge in [0.1, 0.15) is 0 Å². The van der Waals surface area contributed by atoms with Gasteiger partial charge in [0.2, 0.25) is 0 Å². The highest BCUT2D eigenvalue weighted by molar-refractivity contribution is 5.79. The van der Waals surface area contributed by atoms with E-state index in [4.69, 9.17) is 0 Å². The van der Waals surface area contributed by atoms with Crippen LogP contribution in [0.4, 0.5) is 0 Å². The molecule has 2 heterocycles. The lowest BCUT2D eigenvalue weighted by Crippen LogP contribution is -2.30. The third-order valence-electron chi connectivity index (χ3n) is 3.29. The summed E-state index contributed by atoms with van der Waals surface area (Å²) in [4.78, 5) is 35.9. The Morgan fingerprint density at radius 1 is 1.19 bits per heavy atom. The molecule has 0 aliphatic carbocycles. The maximum Gasteiger partial charge on any atom is 0.349 e. The van der Waals surface area contributed by atoms with Crippen LogP contribution in [0.25, 0.3) is 22.6 Å². The zero-order valence-corrected chi connectivity index (χ0v) is 11.8. The molecule has 2 aliphatic rings. The van der Waals surface area contributed by atoms with Crippen LogP contribution in [0, 0.1) is 0 Å². The van der Waals surface area contributed by atoms with Crippen LogP contribution < -0.4 is 11.2 Å². The molecule has 0 radical (unpaired) electrons. The molecule has 1 aromatic carbocycles. The topological polar surface area (TPSA) is 83.9 Å². The van der Waals surface area contributed by atoms with Crippen molar-refractivity contribution in [3.8, 4) is 11.5 Å². The largest absolute Gasteiger partial charge is 0.349 e. The van der Waals surface area contributed by atoms with Crippen molar-refractivity contribution in [1.29, 1.82) is 0 Å². The van der Waals surface area contributed by atoms with E-state index in [0.717, 1.165) is 12.1 Å². The van der Waals surface area contributed by atoms with E-state index in [0.29, 0.717) is 17.9 Å². The number of nitrogens with zero attached hydrogens (tertiary/aromatic N) is 4. The molecule has 21 heavy (non-hydrogen) atoms. The summed E-state index contributed by atoms with van der Waals surface area (Å²) in [5.41, 5.74) is 0.587. The lowest BCUT2D eigenvalue weighted by Gasteiger charge is -2.18. The lowest BCUT2D eigenvalue weighted by atomic mass is 10.2. The van der Waals surface area contributed by atoms with Crippen LogP contribution in [0.3, 0.4) is 0 Å². The average molecular weight is 285 g/mol. The molecular weight excluding hydrogens is 270 g/mol. The molecule has 0 spiro atoms. The van der Waals surface area contributed by atoms with Gasteiger partial charge < -0.3 is 9.47 Å². The second kappa shape index (κ2) is 5.10. The van der Waals surface area contributed by atoms with E-state index >= 15 is 0 Å². The number of para-hydroxylation sites is 2. The maximum atomic E-state index is 12.0. The number of aromatic amines is 1. The minimum absolute atomic E-state index is 0.187. The molecule has 0 bridgehead atoms. The van der Waals surface area contributed by atoms with E-state index in [1.54, 1.807) is 0 Å². The van der Waals surface area contributed by atoms with Crippen molar-refractivity contribution in [3.63, 3.8) is 0 Å². The highest BCUT2D eigenvalue weighted by Gasteiger charge is 2.18. The Balaban J connectivity index is 2.37. The van der Waals surface area contributed by atoms with Crippen LogP contribution in [-0.2, 0) is 6.54 Å². The molecule has 0 unspecified atom stereocenters. The summed E-state index contributed by atoms with van der Waals surface area (Å²) < 4.78 is 1.87. The minimum Gasteiger partial charge on any atom is -0.321 e. The molecule has 3 rings (SSSR count). The van der Waals surface area contributed by atoms with E-state index in [9.17, 15) is 9.59 Å². The minimum atomic E-state index is -0.650. The van der Waals surface area contributed by atoms with Crippen molar-refractivity contribution in [2.45, 2.75) is 6.54 Å². The van der Waals surface area contributed by atoms with E-state index in [-0.39, 0.29) is 5.69 Å². The Kier molecular flexibility index (Phi) is 3.26. The first kappa shape index (κ1) is 13.4. The van der Waals surface area contributed by atoms with E-state index in [2.05, 4.69) is 15.0 Å². The van der Waals surface area contributed by atoms with Gasteiger partial charge in [-0.05, 0) is 26.2 Å². The molecule has 0 fully saturated rings. The summed E-state index contributed by atoms with van der Waals surface area (Å²) in [6.45, 7) is 1.37. The number of H-pyrrole nitrogens is 1. The van der Waals surface area contributed by atoms with E-state index in [1.807, 2.05) is 47.8 Å². The fraction of sp³-hybridized carbons (Fsp3) is 0.286. The van der Waals surface area contributed by atoms with Crippen molar-refractivity contribution >= 4 is 11.0 Å². The molecule has 0 saturated carbocycles. The Morgan fingerprint density at radius 3 is 2.71 bits per heavy atom. The predicted molar refractivity (Wildman–Crippen MR) is 79.6 cm³/mol. The number of fused-ring (bicyclic) bond motifs is 2. The second-order valence-corrected chi connectivity index (χ2v) is 5.10. The smallest absolute Gasteiger partial charge is 0.321 e. The first-order valence-electron chi connectivity index (χ1n) is 6.60. The van der Waals surface area contributed by atoms with Crippen LogP contribution in [0.2, 0.25) is 0 Å². The summed E-state index contributed by atoms with van der Waals surface area (Å²) >= 11 is 0. The summed E-state index contributed by atoms with van der Waals surface area (Å²) in [7, 11) is 3.93. The number of benzene rings is 1. The lowest BCUT2D eigenvalue weighted by molar-refractivity contribution is 0.386. The van der Waals surface area contributed by atoms with Gasteiger partial charge in [-0.2, -0.15) is 4.98 Å². The van der Waals surface area contributed by atoms with Crippen LogP contribution >= 0.6 is 0 Å². The molecule has 7 nitrogen and oxygen atoms in total. The van der Waals surface area contributed by atoms with Crippen molar-refractivity contribution in [2.24, 2.45) is 0 Å². The van der Waals surface area contributed by atoms with Gasteiger partial charge in [-0.25, -0.2) is 9.78 Å². The molecule has 7 heteroatoms. The normalized spacial score (nSPS) is 11.6. The molecule has 0 atom stereocenters. The van der Waals surface area contributed by atoms with Crippen LogP contribution in [0.5, 0.6) is 0 Å². The number of hydrogen-bond acceptors (Lipinski definition) is 5. The predicted octanol–water partition coefficient (Wildman–Crippen LogP) is 0.146. The average Bonchev–Trinajstić information content (AvgIpc) is 2.44. The molecule has 0 aromatic heterocycles. The number of rotatable bonds is 3. The number of aromatic nitrogens is 4. The van der Waals surface area contributed by atoms with E-state index in [1.165, 1.54) is 0 Å². The quantitative estimate of drug-likeness (QED) is 0.692. The number of nitrogens with one attached hydrogen (secondary N) is 1. The molecule has 108 valence electrons. The maximum absolute atomic E-state index is 12.0. The highest BCUT2D eigenvalue weighted by atomic mass is 16.2. The van der Waals surface area contributed by atoms with Crippen LogP contribution in [0.1, 0.15) is 0 Å². The summed E-state index contributed by atoms with van der Waals surface area (Å²) in [5, 5.41) is 0. The molecular formula is C14H15N5O2. The Labute approximate surface area is 120 Å². The molecule has 0 saturated heterocycles. The van der Waals surface area contributed by atoms with Gasteiger partial charge >= 0.3 is 5.69 Å². The monoisotopic (exact) mass is 285 g/mol. The van der Waals surface area contributed by atoms with Gasteiger partial charge in [-0.15, -0.1) is 0 Å². The molecule has 1 N–H and O–H groups in total. The summed E-state index contributed by atoms with van der Waals surface area (Å²) in [6.07, 6.45) is 0. The van der Waals surface area contributed by atoms with Gasteiger partial charge in [0, 0.05) is 13.1 Å². The second-order valence-electron chi connectivity index (χ2n) is 5.10. The Bertz CT molecular complexity index is 881. The fourth-order valence-electron chi connectivity index (χ4n) is 2.27. The third kappa shape index (κ3) is 2.43. The summed E-state index contributed by atoms with van der Waals surface area (Å²) in [6, 6.07) is 7.50. The Morgan fingerprint density at radius 2 is 1.95 bits per heavy atom. The van der Waals surface area contributed by atoms with Gasteiger partial charge in [0.05, 0.1) is 11.0 Å². The molecule has 1 aromatic rings. The molecule has 0 amide bonds. The first-order chi connectivity index (χ1) is 10.1. The molecule has 2 aliphatic heterocycles. The zero-order valence-electron chi connectivity index (χ0n) is 11.8. The van der Waals surface area contributed by atoms with Crippen LogP contribution in [0.15, 0.2) is 33.9 Å². The SMILES string of the molecule is CN(C)CCn1c2nc(=O)[nH]c(=O)c-2nc2ccccc21. The van der Waals surface area contributed by atoms with Crippen molar-refractivity contribution < 1.29 is 0 Å². The van der Waals surface area contributed by atoms with Crippen molar-refractivity contribution in [2.75, 3.05) is 20.6 Å². The van der Waals surface area contributed by atoms with Gasteiger partial charge in [-0.1, -0.05) is 12.1 Å². The van der Waals surface area contributed by atoms with E-state index < -0.39 is 11.2 Å². The highest BCUT2D eigenvalue weighted by Crippen LogP contribution is 2.19. The van der Waals surface area contributed by atoms with Gasteiger partial charge in [0.25, 0.3) is 5.56 Å². The Hall–Kier alpha value is -2.54. The zero-order chi connectivity index (χ0) is 15.0. The van der Waals surface area contributed by atoms with Gasteiger partial charge in [-0.3, -0.25) is 9.78 Å². The number of likely N-dealkylation sites (N-methyl/N-ethyl adjacent to an activating group) is 1. The third-order valence-corrected chi connectivity index (χ3v) is 3.29. The summed E-state index contributed by atoms with van der Waals surface area (Å²) in [5.74, 6) is 0.323. The van der Waals surface area contributed by atoms with Crippen molar-refractivity contribution in [1.82, 2.24) is 24.4 Å². The fourth-order valence-corrected chi connectivity index (χ4v) is 2.27. The number of hydrogen-bond donors (Lipinski definition) is 1. The van der Waals surface area contributed by atoms with Crippen molar-refractivity contribution in [3.05, 3.63) is 45.1 Å². The van der Waals surface area contributed by atoms with Crippen LogP contribution in [-0.4, -0.2) is 45.1 Å². The standard InChI is InChI=1S/C14H15N5O2/c1-18(2)7-8-19-10-6-4-3-5-9(10)15-11-12(19)16-14(21)17-13(11)20/h3-6H,7-8H2,1-2H3,(H,17,20,21). The first-order valence-corrected chi connectivity index (χ1v) is 6.60. The van der Waals surface area contributed by atoms with Gasteiger partial charge in [0.15, 0.2) is 11.5 Å².